The molecule has 1 unspecified atom stereocenters. The van der Waals surface area contributed by atoms with E-state index >= 15 is 0 Å². The number of hydrogen-bond donors (Lipinski definition) is 2. The summed E-state index contributed by atoms with van der Waals surface area (Å²) in [6.07, 6.45) is 1.88. The van der Waals surface area contributed by atoms with Gasteiger partial charge in [-0.25, -0.2) is 0 Å². The molecule has 1 amide bonds. The molecule has 1 saturated heterocycles. The first-order valence-electron chi connectivity index (χ1n) is 7.07. The fourth-order valence-electron chi connectivity index (χ4n) is 2.22. The quantitative estimate of drug-likeness (QED) is 0.554. The topological polar surface area (TPSA) is 66.9 Å². The van der Waals surface area contributed by atoms with E-state index in [2.05, 4.69) is 20.8 Å². The SMILES string of the molecule is Cl.O=C(Nc1nnc(SCc2c(Cl)cccc2Cl)s1)C1CCCN1. The Bertz CT molecular complexity index is 687. The van der Waals surface area contributed by atoms with Gasteiger partial charge in [0.15, 0.2) is 4.34 Å². The predicted molar refractivity (Wildman–Crippen MR) is 103 cm³/mol. The van der Waals surface area contributed by atoms with Crippen LogP contribution in [0.1, 0.15) is 18.4 Å². The number of carbonyl (C=O) groups is 1. The molecule has 24 heavy (non-hydrogen) atoms. The fourth-order valence-corrected chi connectivity index (χ4v) is 4.72. The highest BCUT2D eigenvalue weighted by molar-refractivity contribution is 8.00. The number of carbonyl (C=O) groups excluding carboxylic acids is 1. The molecular formula is C14H15Cl3N4OS2. The van der Waals surface area contributed by atoms with Crippen molar-refractivity contribution in [2.24, 2.45) is 0 Å². The average molecular weight is 426 g/mol. The maximum atomic E-state index is 12.0. The summed E-state index contributed by atoms with van der Waals surface area (Å²) in [7, 11) is 0. The van der Waals surface area contributed by atoms with Crippen molar-refractivity contribution in [2.75, 3.05) is 11.9 Å². The highest BCUT2D eigenvalue weighted by Gasteiger charge is 2.23. The molecule has 2 heterocycles. The Labute approximate surface area is 164 Å². The van der Waals surface area contributed by atoms with Gasteiger partial charge < -0.3 is 5.32 Å². The Morgan fingerprint density at radius 2 is 2.12 bits per heavy atom. The van der Waals surface area contributed by atoms with Crippen molar-refractivity contribution >= 4 is 69.7 Å². The molecular weight excluding hydrogens is 411 g/mol. The second-order valence-electron chi connectivity index (χ2n) is 5.00. The van der Waals surface area contributed by atoms with Crippen LogP contribution in [0.5, 0.6) is 0 Å². The van der Waals surface area contributed by atoms with Crippen molar-refractivity contribution in [3.63, 3.8) is 0 Å². The molecule has 1 aliphatic heterocycles. The van der Waals surface area contributed by atoms with Crippen molar-refractivity contribution < 1.29 is 4.79 Å². The Morgan fingerprint density at radius 3 is 2.79 bits per heavy atom. The Kier molecular flexibility index (Phi) is 7.59. The third-order valence-corrected chi connectivity index (χ3v) is 6.12. The molecule has 2 aromatic rings. The summed E-state index contributed by atoms with van der Waals surface area (Å²) in [4.78, 5) is 12.0. The highest BCUT2D eigenvalue weighted by Crippen LogP contribution is 2.33. The molecule has 0 saturated carbocycles. The van der Waals surface area contributed by atoms with E-state index in [4.69, 9.17) is 23.2 Å². The summed E-state index contributed by atoms with van der Waals surface area (Å²) < 4.78 is 0.760. The number of amides is 1. The predicted octanol–water partition coefficient (Wildman–Crippen LogP) is 4.25. The first kappa shape index (κ1) is 19.8. The van der Waals surface area contributed by atoms with Gasteiger partial charge in [-0.05, 0) is 37.1 Å². The van der Waals surface area contributed by atoms with Crippen molar-refractivity contribution in [1.29, 1.82) is 0 Å². The fraction of sp³-hybridized carbons (Fsp3) is 0.357. The standard InChI is InChI=1S/C14H14Cl2N4OS2.ClH/c15-9-3-1-4-10(16)8(9)7-22-14-20-19-13(23-14)18-12(21)11-5-2-6-17-11;/h1,3-4,11,17H,2,5-7H2,(H,18,19,21);1H. The Balaban J connectivity index is 0.00000208. The third kappa shape index (κ3) is 4.97. The molecule has 10 heteroatoms. The number of anilines is 1. The van der Waals surface area contributed by atoms with E-state index < -0.39 is 0 Å². The number of nitrogens with one attached hydrogen (secondary N) is 2. The van der Waals surface area contributed by atoms with Crippen LogP contribution in [-0.2, 0) is 10.5 Å². The van der Waals surface area contributed by atoms with Crippen LogP contribution >= 0.6 is 58.7 Å². The van der Waals surface area contributed by atoms with E-state index in [0.717, 1.165) is 29.3 Å². The molecule has 0 spiro atoms. The van der Waals surface area contributed by atoms with Gasteiger partial charge in [0.2, 0.25) is 11.0 Å². The van der Waals surface area contributed by atoms with Crippen LogP contribution in [0.25, 0.3) is 0 Å². The van der Waals surface area contributed by atoms with Crippen LogP contribution in [0, 0.1) is 0 Å². The molecule has 3 rings (SSSR count). The van der Waals surface area contributed by atoms with E-state index in [1.807, 2.05) is 18.2 Å². The zero-order valence-corrected chi connectivity index (χ0v) is 16.4. The zero-order chi connectivity index (χ0) is 16.2. The summed E-state index contributed by atoms with van der Waals surface area (Å²) in [5, 5.41) is 15.8. The van der Waals surface area contributed by atoms with E-state index in [0.29, 0.717) is 20.9 Å². The minimum atomic E-state index is -0.128. The summed E-state index contributed by atoms with van der Waals surface area (Å²) in [5.41, 5.74) is 0.872. The van der Waals surface area contributed by atoms with Crippen molar-refractivity contribution in [2.45, 2.75) is 29.0 Å². The van der Waals surface area contributed by atoms with Crippen LogP contribution in [0.2, 0.25) is 10.0 Å². The molecule has 0 bridgehead atoms. The molecule has 0 radical (unpaired) electrons. The van der Waals surface area contributed by atoms with E-state index in [1.165, 1.54) is 23.1 Å². The maximum Gasteiger partial charge on any atom is 0.243 e. The van der Waals surface area contributed by atoms with Crippen LogP contribution in [-0.4, -0.2) is 28.7 Å². The van der Waals surface area contributed by atoms with Crippen LogP contribution in [0.3, 0.4) is 0 Å². The largest absolute Gasteiger partial charge is 0.306 e. The number of aromatic nitrogens is 2. The van der Waals surface area contributed by atoms with Crippen molar-refractivity contribution in [3.05, 3.63) is 33.8 Å². The molecule has 1 aliphatic rings. The summed E-state index contributed by atoms with van der Waals surface area (Å²) in [6.45, 7) is 0.883. The van der Waals surface area contributed by atoms with Gasteiger partial charge in [0.05, 0.1) is 6.04 Å². The lowest BCUT2D eigenvalue weighted by Gasteiger charge is -2.07. The molecule has 0 aliphatic carbocycles. The van der Waals surface area contributed by atoms with Crippen molar-refractivity contribution in [1.82, 2.24) is 15.5 Å². The first-order valence-corrected chi connectivity index (χ1v) is 9.63. The lowest BCUT2D eigenvalue weighted by Crippen LogP contribution is -2.35. The van der Waals surface area contributed by atoms with Gasteiger partial charge in [0.25, 0.3) is 0 Å². The minimum absolute atomic E-state index is 0. The normalized spacial score (nSPS) is 16.7. The Hall–Kier alpha value is -0.570. The molecule has 1 fully saturated rings. The Morgan fingerprint density at radius 1 is 1.38 bits per heavy atom. The zero-order valence-electron chi connectivity index (χ0n) is 12.4. The number of halogens is 3. The lowest BCUT2D eigenvalue weighted by atomic mass is 10.2. The molecule has 5 nitrogen and oxygen atoms in total. The molecule has 1 aromatic carbocycles. The molecule has 130 valence electrons. The second kappa shape index (κ2) is 9.22. The van der Waals surface area contributed by atoms with Crippen molar-refractivity contribution in [3.8, 4) is 0 Å². The molecule has 2 N–H and O–H groups in total. The van der Waals surface area contributed by atoms with Gasteiger partial charge >= 0.3 is 0 Å². The van der Waals surface area contributed by atoms with Gasteiger partial charge in [-0.1, -0.05) is 52.4 Å². The van der Waals surface area contributed by atoms with Gasteiger partial charge in [-0.3, -0.25) is 10.1 Å². The van der Waals surface area contributed by atoms with Crippen LogP contribution in [0.15, 0.2) is 22.5 Å². The first-order chi connectivity index (χ1) is 11.1. The summed E-state index contributed by atoms with van der Waals surface area (Å²) >= 11 is 15.1. The molecule has 1 atom stereocenters. The minimum Gasteiger partial charge on any atom is -0.306 e. The number of rotatable bonds is 5. The smallest absolute Gasteiger partial charge is 0.243 e. The van der Waals surface area contributed by atoms with Gasteiger partial charge in [0.1, 0.15) is 0 Å². The van der Waals surface area contributed by atoms with Gasteiger partial charge in [-0.2, -0.15) is 0 Å². The van der Waals surface area contributed by atoms with E-state index in [-0.39, 0.29) is 24.4 Å². The van der Waals surface area contributed by atoms with E-state index in [9.17, 15) is 4.79 Å². The number of benzene rings is 1. The summed E-state index contributed by atoms with van der Waals surface area (Å²) in [6, 6.07) is 5.30. The second-order valence-corrected chi connectivity index (χ2v) is 8.01. The van der Waals surface area contributed by atoms with Crippen LogP contribution in [0.4, 0.5) is 5.13 Å². The summed E-state index contributed by atoms with van der Waals surface area (Å²) in [5.74, 6) is 0.551. The molecule has 1 aromatic heterocycles. The lowest BCUT2D eigenvalue weighted by molar-refractivity contribution is -0.117. The maximum absolute atomic E-state index is 12.0. The monoisotopic (exact) mass is 424 g/mol. The number of nitrogens with zero attached hydrogens (tertiary/aromatic N) is 2. The average Bonchev–Trinajstić information content (AvgIpc) is 3.18. The van der Waals surface area contributed by atoms with E-state index in [1.54, 1.807) is 0 Å². The highest BCUT2D eigenvalue weighted by atomic mass is 35.5. The van der Waals surface area contributed by atoms with Gasteiger partial charge in [-0.15, -0.1) is 22.6 Å². The van der Waals surface area contributed by atoms with Gasteiger partial charge in [0, 0.05) is 15.8 Å². The number of thioether (sulfide) groups is 1. The third-order valence-electron chi connectivity index (χ3n) is 3.42. The number of hydrogen-bond acceptors (Lipinski definition) is 6. The van der Waals surface area contributed by atoms with Crippen LogP contribution < -0.4 is 10.6 Å².